The molecule has 0 amide bonds. The van der Waals surface area contributed by atoms with Crippen molar-refractivity contribution in [1.29, 1.82) is 0 Å². The zero-order valence-electron chi connectivity index (χ0n) is 9.74. The Kier molecular flexibility index (Phi) is 4.60. The monoisotopic (exact) mass is 227 g/mol. The quantitative estimate of drug-likeness (QED) is 0.733. The van der Waals surface area contributed by atoms with Crippen molar-refractivity contribution in [2.75, 3.05) is 26.3 Å². The second-order valence-corrected chi connectivity index (χ2v) is 4.66. The van der Waals surface area contributed by atoms with Crippen molar-refractivity contribution in [3.8, 4) is 0 Å². The summed E-state index contributed by atoms with van der Waals surface area (Å²) >= 11 is 0. The average Bonchev–Trinajstić information content (AvgIpc) is 2.38. The van der Waals surface area contributed by atoms with Crippen molar-refractivity contribution < 1.29 is 14.3 Å². The lowest BCUT2D eigenvalue weighted by Gasteiger charge is -2.25. The fraction of sp³-hybridized carbons (Fsp3) is 0.917. The highest BCUT2D eigenvalue weighted by Crippen LogP contribution is 2.15. The molecule has 1 unspecified atom stereocenters. The fourth-order valence-electron chi connectivity index (χ4n) is 2.28. The van der Waals surface area contributed by atoms with Crippen LogP contribution in [0, 0.1) is 5.92 Å². The van der Waals surface area contributed by atoms with Crippen LogP contribution in [0.5, 0.6) is 0 Å². The number of carbonyl (C=O) groups is 1. The third-order valence-corrected chi connectivity index (χ3v) is 3.32. The summed E-state index contributed by atoms with van der Waals surface area (Å²) in [5.41, 5.74) is 0. The molecule has 0 aromatic heterocycles. The number of hydrogen-bond acceptors (Lipinski definition) is 4. The summed E-state index contributed by atoms with van der Waals surface area (Å²) < 4.78 is 10.8. The van der Waals surface area contributed by atoms with E-state index in [9.17, 15) is 4.79 Å². The molecule has 0 aliphatic carbocycles. The van der Waals surface area contributed by atoms with E-state index in [0.29, 0.717) is 6.61 Å². The highest BCUT2D eigenvalue weighted by atomic mass is 16.6. The van der Waals surface area contributed by atoms with E-state index in [-0.39, 0.29) is 18.0 Å². The van der Waals surface area contributed by atoms with Crippen LogP contribution in [0.4, 0.5) is 0 Å². The van der Waals surface area contributed by atoms with E-state index in [0.717, 1.165) is 45.4 Å². The number of rotatable bonds is 3. The first kappa shape index (κ1) is 11.9. The molecule has 0 spiro atoms. The van der Waals surface area contributed by atoms with Gasteiger partial charge in [-0.25, -0.2) is 0 Å². The molecule has 92 valence electrons. The zero-order valence-corrected chi connectivity index (χ0v) is 9.74. The molecule has 2 heterocycles. The SMILES string of the molecule is O=C(OCC1CCCCO1)[C@H]1CCCNC1. The minimum atomic E-state index is -0.0543. The summed E-state index contributed by atoms with van der Waals surface area (Å²) in [6, 6.07) is 0. The number of hydrogen-bond donors (Lipinski definition) is 1. The topological polar surface area (TPSA) is 47.6 Å². The lowest BCUT2D eigenvalue weighted by Crippen LogP contribution is -2.36. The Bertz CT molecular complexity index is 220. The average molecular weight is 227 g/mol. The van der Waals surface area contributed by atoms with Crippen LogP contribution in [0.3, 0.4) is 0 Å². The van der Waals surface area contributed by atoms with Gasteiger partial charge in [0.2, 0.25) is 0 Å². The van der Waals surface area contributed by atoms with E-state index in [4.69, 9.17) is 9.47 Å². The number of nitrogens with one attached hydrogen (secondary N) is 1. The zero-order chi connectivity index (χ0) is 11.2. The molecule has 0 aromatic rings. The van der Waals surface area contributed by atoms with Gasteiger partial charge < -0.3 is 14.8 Å². The molecular formula is C12H21NO3. The van der Waals surface area contributed by atoms with E-state index in [1.54, 1.807) is 0 Å². The van der Waals surface area contributed by atoms with Gasteiger partial charge in [-0.15, -0.1) is 0 Å². The summed E-state index contributed by atoms with van der Waals surface area (Å²) in [6.07, 6.45) is 5.51. The standard InChI is InChI=1S/C12H21NO3/c14-12(10-4-3-6-13-8-10)16-9-11-5-1-2-7-15-11/h10-11,13H,1-9H2/t10-,11?/m0/s1. The van der Waals surface area contributed by atoms with Crippen molar-refractivity contribution in [2.24, 2.45) is 5.92 Å². The first-order chi connectivity index (χ1) is 7.86. The largest absolute Gasteiger partial charge is 0.463 e. The maximum absolute atomic E-state index is 11.7. The molecule has 2 aliphatic rings. The Morgan fingerprint density at radius 2 is 2.25 bits per heavy atom. The van der Waals surface area contributed by atoms with Gasteiger partial charge in [-0.3, -0.25) is 4.79 Å². The maximum Gasteiger partial charge on any atom is 0.310 e. The summed E-state index contributed by atoms with van der Waals surface area (Å²) in [5.74, 6) is -0.00119. The van der Waals surface area contributed by atoms with Crippen LogP contribution in [0.1, 0.15) is 32.1 Å². The fourth-order valence-corrected chi connectivity index (χ4v) is 2.28. The summed E-state index contributed by atoms with van der Waals surface area (Å²) in [5, 5.41) is 3.22. The molecule has 0 bridgehead atoms. The predicted octanol–water partition coefficient (Wildman–Crippen LogP) is 1.10. The summed E-state index contributed by atoms with van der Waals surface area (Å²) in [6.45, 7) is 3.04. The van der Waals surface area contributed by atoms with Crippen molar-refractivity contribution >= 4 is 5.97 Å². The highest BCUT2D eigenvalue weighted by molar-refractivity contribution is 5.72. The van der Waals surface area contributed by atoms with E-state index < -0.39 is 0 Å². The molecule has 2 aliphatic heterocycles. The van der Waals surface area contributed by atoms with Crippen LogP contribution in [0.25, 0.3) is 0 Å². The van der Waals surface area contributed by atoms with Crippen LogP contribution < -0.4 is 5.32 Å². The molecule has 2 atom stereocenters. The third-order valence-electron chi connectivity index (χ3n) is 3.32. The lowest BCUT2D eigenvalue weighted by molar-refractivity contribution is -0.154. The number of esters is 1. The second-order valence-electron chi connectivity index (χ2n) is 4.66. The van der Waals surface area contributed by atoms with E-state index in [1.807, 2.05) is 0 Å². The minimum absolute atomic E-state index is 0.0531. The number of carbonyl (C=O) groups excluding carboxylic acids is 1. The first-order valence-electron chi connectivity index (χ1n) is 6.35. The maximum atomic E-state index is 11.7. The van der Waals surface area contributed by atoms with Crippen LogP contribution in [0.15, 0.2) is 0 Å². The van der Waals surface area contributed by atoms with Gasteiger partial charge in [-0.2, -0.15) is 0 Å². The van der Waals surface area contributed by atoms with Crippen LogP contribution >= 0.6 is 0 Å². The molecule has 2 rings (SSSR count). The smallest absolute Gasteiger partial charge is 0.310 e. The molecule has 16 heavy (non-hydrogen) atoms. The summed E-state index contributed by atoms with van der Waals surface area (Å²) in [4.78, 5) is 11.7. The molecule has 0 saturated carbocycles. The van der Waals surface area contributed by atoms with Gasteiger partial charge in [0.05, 0.1) is 12.0 Å². The molecule has 1 N–H and O–H groups in total. The van der Waals surface area contributed by atoms with Crippen LogP contribution in [-0.2, 0) is 14.3 Å². The molecule has 2 saturated heterocycles. The minimum Gasteiger partial charge on any atom is -0.463 e. The Hall–Kier alpha value is -0.610. The van der Waals surface area contributed by atoms with Crippen LogP contribution in [0.2, 0.25) is 0 Å². The van der Waals surface area contributed by atoms with Crippen molar-refractivity contribution in [3.63, 3.8) is 0 Å². The van der Waals surface area contributed by atoms with E-state index in [2.05, 4.69) is 5.32 Å². The summed E-state index contributed by atoms with van der Waals surface area (Å²) in [7, 11) is 0. The predicted molar refractivity (Wildman–Crippen MR) is 60.1 cm³/mol. The Balaban J connectivity index is 1.65. The molecule has 0 radical (unpaired) electrons. The Morgan fingerprint density at radius 3 is 2.94 bits per heavy atom. The van der Waals surface area contributed by atoms with Gasteiger partial charge >= 0.3 is 5.97 Å². The molecule has 4 nitrogen and oxygen atoms in total. The molecule has 2 fully saturated rings. The van der Waals surface area contributed by atoms with Gasteiger partial charge in [0.1, 0.15) is 6.61 Å². The number of piperidine rings is 1. The van der Waals surface area contributed by atoms with Gasteiger partial charge in [0.25, 0.3) is 0 Å². The van der Waals surface area contributed by atoms with Gasteiger partial charge in [0.15, 0.2) is 0 Å². The highest BCUT2D eigenvalue weighted by Gasteiger charge is 2.23. The van der Waals surface area contributed by atoms with Gasteiger partial charge in [0, 0.05) is 13.2 Å². The Labute approximate surface area is 96.7 Å². The van der Waals surface area contributed by atoms with Gasteiger partial charge in [-0.05, 0) is 38.6 Å². The lowest BCUT2D eigenvalue weighted by atomic mass is 10.00. The van der Waals surface area contributed by atoms with Crippen molar-refractivity contribution in [2.45, 2.75) is 38.2 Å². The second kappa shape index (κ2) is 6.21. The Morgan fingerprint density at radius 1 is 1.31 bits per heavy atom. The van der Waals surface area contributed by atoms with Crippen molar-refractivity contribution in [1.82, 2.24) is 5.32 Å². The van der Waals surface area contributed by atoms with Crippen molar-refractivity contribution in [3.05, 3.63) is 0 Å². The van der Waals surface area contributed by atoms with E-state index >= 15 is 0 Å². The van der Waals surface area contributed by atoms with Gasteiger partial charge in [-0.1, -0.05) is 0 Å². The molecule has 0 aromatic carbocycles. The number of ether oxygens (including phenoxy) is 2. The van der Waals surface area contributed by atoms with E-state index in [1.165, 1.54) is 6.42 Å². The molecule has 4 heteroatoms. The normalized spacial score (nSPS) is 31.0. The first-order valence-corrected chi connectivity index (χ1v) is 6.35. The van der Waals surface area contributed by atoms with Crippen LogP contribution in [-0.4, -0.2) is 38.4 Å². The third kappa shape index (κ3) is 3.46. The molecular weight excluding hydrogens is 206 g/mol.